The topological polar surface area (TPSA) is 38.3 Å². The second-order valence-corrected chi connectivity index (χ2v) is 2.35. The van der Waals surface area contributed by atoms with E-state index in [1.54, 1.807) is 7.11 Å². The molecular formula is C11H17NO2. The van der Waals surface area contributed by atoms with Crippen molar-refractivity contribution in [2.75, 3.05) is 7.11 Å². The highest BCUT2D eigenvalue weighted by Crippen LogP contribution is 2.11. The van der Waals surface area contributed by atoms with Crippen LogP contribution in [0.15, 0.2) is 24.3 Å². The van der Waals surface area contributed by atoms with Crippen molar-refractivity contribution >= 4 is 6.41 Å². The van der Waals surface area contributed by atoms with Crippen molar-refractivity contribution in [1.82, 2.24) is 5.32 Å². The molecule has 1 aromatic rings. The average molecular weight is 195 g/mol. The van der Waals surface area contributed by atoms with Crippen molar-refractivity contribution in [3.63, 3.8) is 0 Å². The van der Waals surface area contributed by atoms with Gasteiger partial charge in [-0.3, -0.25) is 4.79 Å². The maximum atomic E-state index is 9.99. The number of rotatable bonds is 4. The van der Waals surface area contributed by atoms with Gasteiger partial charge in [-0.2, -0.15) is 0 Å². The van der Waals surface area contributed by atoms with Gasteiger partial charge in [0.2, 0.25) is 6.41 Å². The highest BCUT2D eigenvalue weighted by atomic mass is 16.5. The summed E-state index contributed by atoms with van der Waals surface area (Å²) in [5.74, 6) is 0.806. The van der Waals surface area contributed by atoms with Gasteiger partial charge in [0.15, 0.2) is 0 Å². The van der Waals surface area contributed by atoms with Crippen molar-refractivity contribution in [3.8, 4) is 5.75 Å². The molecule has 0 saturated carbocycles. The molecule has 0 bridgehead atoms. The third kappa shape index (κ3) is 4.50. The Morgan fingerprint density at radius 1 is 1.43 bits per heavy atom. The minimum absolute atomic E-state index is 0.542. The molecule has 0 aliphatic heterocycles. The van der Waals surface area contributed by atoms with Crippen LogP contribution in [0.2, 0.25) is 0 Å². The summed E-state index contributed by atoms with van der Waals surface area (Å²) in [4.78, 5) is 9.99. The fourth-order valence-corrected chi connectivity index (χ4v) is 0.942. The third-order valence-corrected chi connectivity index (χ3v) is 1.52. The highest BCUT2D eigenvalue weighted by molar-refractivity contribution is 5.46. The Labute approximate surface area is 85.1 Å². The number of hydrogen-bond donors (Lipinski definition) is 1. The summed E-state index contributed by atoms with van der Waals surface area (Å²) in [5, 5.41) is 2.58. The lowest BCUT2D eigenvalue weighted by Crippen LogP contribution is -2.09. The van der Waals surface area contributed by atoms with Crippen molar-refractivity contribution in [2.24, 2.45) is 0 Å². The maximum absolute atomic E-state index is 9.99. The average Bonchev–Trinajstić information content (AvgIpc) is 2.29. The van der Waals surface area contributed by atoms with Crippen molar-refractivity contribution in [3.05, 3.63) is 29.8 Å². The molecule has 0 saturated heterocycles. The van der Waals surface area contributed by atoms with Crippen molar-refractivity contribution in [1.29, 1.82) is 0 Å². The van der Waals surface area contributed by atoms with Gasteiger partial charge < -0.3 is 10.1 Å². The Hall–Kier alpha value is -1.51. The monoisotopic (exact) mass is 195 g/mol. The number of ether oxygens (including phenoxy) is 1. The molecule has 1 N–H and O–H groups in total. The molecule has 3 heteroatoms. The first-order valence-corrected chi connectivity index (χ1v) is 4.67. The van der Waals surface area contributed by atoms with Crippen molar-refractivity contribution < 1.29 is 9.53 Å². The molecule has 1 aromatic carbocycles. The second-order valence-electron chi connectivity index (χ2n) is 2.35. The predicted octanol–water partition coefficient (Wildman–Crippen LogP) is 1.97. The van der Waals surface area contributed by atoms with E-state index in [1.165, 1.54) is 0 Å². The van der Waals surface area contributed by atoms with E-state index in [2.05, 4.69) is 5.32 Å². The lowest BCUT2D eigenvalue weighted by Gasteiger charge is -2.02. The first kappa shape index (κ1) is 12.5. The van der Waals surface area contributed by atoms with Gasteiger partial charge in [0, 0.05) is 6.54 Å². The molecule has 0 aliphatic rings. The highest BCUT2D eigenvalue weighted by Gasteiger charge is 1.93. The summed E-state index contributed by atoms with van der Waals surface area (Å²) < 4.78 is 5.02. The van der Waals surface area contributed by atoms with Gasteiger partial charge in [0.1, 0.15) is 5.75 Å². The molecule has 1 rings (SSSR count). The Morgan fingerprint density at radius 2 is 2.14 bits per heavy atom. The van der Waals surface area contributed by atoms with Crippen LogP contribution in [0.3, 0.4) is 0 Å². The van der Waals surface area contributed by atoms with E-state index in [0.29, 0.717) is 13.0 Å². The SMILES string of the molecule is CC.COc1cccc(CNC=O)c1. The molecule has 0 aliphatic carbocycles. The van der Waals surface area contributed by atoms with E-state index in [0.717, 1.165) is 11.3 Å². The number of hydrogen-bond acceptors (Lipinski definition) is 2. The molecule has 14 heavy (non-hydrogen) atoms. The standard InChI is InChI=1S/C9H11NO2.C2H6/c1-12-9-4-2-3-8(5-9)6-10-7-11;1-2/h2-5,7H,6H2,1H3,(H,10,11);1-2H3. The molecule has 0 heterocycles. The van der Waals surface area contributed by atoms with Crippen LogP contribution in [0.25, 0.3) is 0 Å². The second kappa shape index (κ2) is 8.10. The molecule has 0 atom stereocenters. The largest absolute Gasteiger partial charge is 0.497 e. The zero-order chi connectivity index (χ0) is 10.8. The summed E-state index contributed by atoms with van der Waals surface area (Å²) in [6, 6.07) is 7.57. The van der Waals surface area contributed by atoms with E-state index in [9.17, 15) is 4.79 Å². The van der Waals surface area contributed by atoms with E-state index >= 15 is 0 Å². The smallest absolute Gasteiger partial charge is 0.207 e. The Morgan fingerprint density at radius 3 is 2.71 bits per heavy atom. The van der Waals surface area contributed by atoms with E-state index in [4.69, 9.17) is 4.74 Å². The molecule has 0 radical (unpaired) electrons. The Balaban J connectivity index is 0.000000791. The number of carbonyl (C=O) groups is 1. The van der Waals surface area contributed by atoms with E-state index in [-0.39, 0.29) is 0 Å². The summed E-state index contributed by atoms with van der Waals surface area (Å²) in [6.07, 6.45) is 0.680. The van der Waals surface area contributed by atoms with Gasteiger partial charge in [-0.1, -0.05) is 26.0 Å². The number of methoxy groups -OCH3 is 1. The molecule has 0 spiro atoms. The number of nitrogens with one attached hydrogen (secondary N) is 1. The van der Waals surface area contributed by atoms with Gasteiger partial charge in [-0.25, -0.2) is 0 Å². The van der Waals surface area contributed by atoms with Gasteiger partial charge in [0.05, 0.1) is 7.11 Å². The lowest BCUT2D eigenvalue weighted by atomic mass is 10.2. The maximum Gasteiger partial charge on any atom is 0.207 e. The van der Waals surface area contributed by atoms with Crippen molar-refractivity contribution in [2.45, 2.75) is 20.4 Å². The van der Waals surface area contributed by atoms with Crippen LogP contribution >= 0.6 is 0 Å². The first-order valence-electron chi connectivity index (χ1n) is 4.67. The number of carbonyl (C=O) groups excluding carboxylic acids is 1. The van der Waals surface area contributed by atoms with Gasteiger partial charge in [-0.15, -0.1) is 0 Å². The van der Waals surface area contributed by atoms with Gasteiger partial charge >= 0.3 is 0 Å². The molecule has 0 unspecified atom stereocenters. The molecular weight excluding hydrogens is 178 g/mol. The zero-order valence-electron chi connectivity index (χ0n) is 8.91. The Kier molecular flexibility index (Phi) is 7.23. The zero-order valence-corrected chi connectivity index (χ0v) is 8.91. The molecule has 0 fully saturated rings. The Bertz CT molecular complexity index is 261. The minimum atomic E-state index is 0.542. The fraction of sp³-hybridized carbons (Fsp3) is 0.364. The van der Waals surface area contributed by atoms with Crippen LogP contribution in [0.1, 0.15) is 19.4 Å². The quantitative estimate of drug-likeness (QED) is 0.746. The molecule has 78 valence electrons. The molecule has 3 nitrogen and oxygen atoms in total. The first-order chi connectivity index (χ1) is 6.86. The fourth-order valence-electron chi connectivity index (χ4n) is 0.942. The molecule has 1 amide bonds. The summed E-state index contributed by atoms with van der Waals surface area (Å²) in [6.45, 7) is 4.54. The van der Waals surface area contributed by atoms with E-state index < -0.39 is 0 Å². The third-order valence-electron chi connectivity index (χ3n) is 1.52. The molecule has 0 aromatic heterocycles. The van der Waals surface area contributed by atoms with Crippen LogP contribution in [0.4, 0.5) is 0 Å². The van der Waals surface area contributed by atoms with E-state index in [1.807, 2.05) is 38.1 Å². The lowest BCUT2D eigenvalue weighted by molar-refractivity contribution is -0.109. The predicted molar refractivity (Wildman–Crippen MR) is 57.2 cm³/mol. The summed E-state index contributed by atoms with van der Waals surface area (Å²) in [7, 11) is 1.62. The van der Waals surface area contributed by atoms with Crippen LogP contribution in [0, 0.1) is 0 Å². The normalized spacial score (nSPS) is 8.21. The number of amides is 1. The number of benzene rings is 1. The van der Waals surface area contributed by atoms with Gasteiger partial charge in [-0.05, 0) is 17.7 Å². The van der Waals surface area contributed by atoms with Crippen LogP contribution in [-0.4, -0.2) is 13.5 Å². The minimum Gasteiger partial charge on any atom is -0.497 e. The van der Waals surface area contributed by atoms with Gasteiger partial charge in [0.25, 0.3) is 0 Å². The van der Waals surface area contributed by atoms with Crippen LogP contribution in [0.5, 0.6) is 5.75 Å². The summed E-state index contributed by atoms with van der Waals surface area (Å²) in [5.41, 5.74) is 1.03. The van der Waals surface area contributed by atoms with Crippen LogP contribution in [-0.2, 0) is 11.3 Å². The summed E-state index contributed by atoms with van der Waals surface area (Å²) >= 11 is 0. The van der Waals surface area contributed by atoms with Crippen LogP contribution < -0.4 is 10.1 Å².